The van der Waals surface area contributed by atoms with Crippen molar-refractivity contribution < 1.29 is 9.26 Å². The molecule has 1 aromatic rings. The summed E-state index contributed by atoms with van der Waals surface area (Å²) >= 11 is 0. The van der Waals surface area contributed by atoms with Crippen LogP contribution in [0, 0.1) is 12.8 Å². The lowest BCUT2D eigenvalue weighted by molar-refractivity contribution is 0.109. The van der Waals surface area contributed by atoms with E-state index in [0.717, 1.165) is 38.0 Å². The Bertz CT molecular complexity index is 388. The molecule has 6 heteroatoms. The molecule has 0 amide bonds. The molecule has 1 aromatic heterocycles. The molecular formula is C14H26N4O2. The number of likely N-dealkylation sites (tertiary alicyclic amines) is 1. The van der Waals surface area contributed by atoms with E-state index >= 15 is 0 Å². The molecule has 0 bridgehead atoms. The molecule has 0 unspecified atom stereocenters. The van der Waals surface area contributed by atoms with Crippen molar-refractivity contribution in [3.63, 3.8) is 0 Å². The van der Waals surface area contributed by atoms with Crippen LogP contribution in [0.1, 0.15) is 24.6 Å². The molecule has 1 saturated heterocycles. The highest BCUT2D eigenvalue weighted by Gasteiger charge is 2.20. The van der Waals surface area contributed by atoms with E-state index in [1.165, 1.54) is 25.9 Å². The van der Waals surface area contributed by atoms with Gasteiger partial charge in [-0.25, -0.2) is 0 Å². The van der Waals surface area contributed by atoms with Crippen molar-refractivity contribution in [3.05, 3.63) is 11.7 Å². The summed E-state index contributed by atoms with van der Waals surface area (Å²) in [5.41, 5.74) is 0. The molecule has 2 heterocycles. The maximum atomic E-state index is 5.13. The predicted octanol–water partition coefficient (Wildman–Crippen LogP) is 1.17. The van der Waals surface area contributed by atoms with Gasteiger partial charge in [-0.3, -0.25) is 4.90 Å². The van der Waals surface area contributed by atoms with Gasteiger partial charge in [0.1, 0.15) is 0 Å². The van der Waals surface area contributed by atoms with Crippen LogP contribution in [0.4, 0.5) is 0 Å². The maximum Gasteiger partial charge on any atom is 0.223 e. The normalized spacial score (nSPS) is 18.0. The Labute approximate surface area is 121 Å². The lowest BCUT2D eigenvalue weighted by atomic mass is 9.96. The lowest BCUT2D eigenvalue weighted by Crippen LogP contribution is -2.39. The quantitative estimate of drug-likeness (QED) is 0.748. The van der Waals surface area contributed by atoms with Gasteiger partial charge in [0, 0.05) is 27.1 Å². The molecule has 1 fully saturated rings. The number of hydrogen-bond acceptors (Lipinski definition) is 6. The summed E-state index contributed by atoms with van der Waals surface area (Å²) in [4.78, 5) is 9.03. The van der Waals surface area contributed by atoms with Crippen molar-refractivity contribution in [2.24, 2.45) is 5.92 Å². The van der Waals surface area contributed by atoms with Crippen molar-refractivity contribution in [1.29, 1.82) is 0 Å². The first-order chi connectivity index (χ1) is 9.67. The van der Waals surface area contributed by atoms with Gasteiger partial charge in [0.05, 0.1) is 13.2 Å². The monoisotopic (exact) mass is 282 g/mol. The van der Waals surface area contributed by atoms with Crippen LogP contribution in [0.15, 0.2) is 4.52 Å². The van der Waals surface area contributed by atoms with E-state index < -0.39 is 0 Å². The molecule has 0 aliphatic carbocycles. The van der Waals surface area contributed by atoms with E-state index in [1.54, 1.807) is 7.11 Å². The van der Waals surface area contributed by atoms with Gasteiger partial charge in [0.15, 0.2) is 5.82 Å². The molecule has 0 aromatic carbocycles. The van der Waals surface area contributed by atoms with Crippen molar-refractivity contribution >= 4 is 0 Å². The molecule has 1 aliphatic heterocycles. The number of rotatable bonds is 7. The Hall–Kier alpha value is -0.980. The van der Waals surface area contributed by atoms with Gasteiger partial charge in [-0.05, 0) is 38.9 Å². The van der Waals surface area contributed by atoms with Crippen LogP contribution in [0.2, 0.25) is 0 Å². The second-order valence-electron chi connectivity index (χ2n) is 5.70. The predicted molar refractivity (Wildman–Crippen MR) is 76.4 cm³/mol. The van der Waals surface area contributed by atoms with E-state index in [4.69, 9.17) is 9.26 Å². The van der Waals surface area contributed by atoms with Crippen LogP contribution >= 0.6 is 0 Å². The molecule has 6 nitrogen and oxygen atoms in total. The van der Waals surface area contributed by atoms with Gasteiger partial charge in [-0.2, -0.15) is 4.98 Å². The molecule has 114 valence electrons. The number of piperidine rings is 1. The second kappa shape index (κ2) is 7.71. The van der Waals surface area contributed by atoms with Gasteiger partial charge < -0.3 is 14.2 Å². The molecule has 1 aliphatic rings. The van der Waals surface area contributed by atoms with E-state index in [9.17, 15) is 0 Å². The number of hydrogen-bond donors (Lipinski definition) is 0. The highest BCUT2D eigenvalue weighted by Crippen LogP contribution is 2.18. The summed E-state index contributed by atoms with van der Waals surface area (Å²) in [6.45, 7) is 7.95. The summed E-state index contributed by atoms with van der Waals surface area (Å²) in [7, 11) is 3.89. The first-order valence-corrected chi connectivity index (χ1v) is 7.36. The molecular weight excluding hydrogens is 256 g/mol. The number of ether oxygens (including phenoxy) is 1. The summed E-state index contributed by atoms with van der Waals surface area (Å²) in [6, 6.07) is 0. The van der Waals surface area contributed by atoms with E-state index in [2.05, 4.69) is 27.0 Å². The largest absolute Gasteiger partial charge is 0.383 e. The summed E-state index contributed by atoms with van der Waals surface area (Å²) in [6.07, 6.45) is 2.53. The van der Waals surface area contributed by atoms with Crippen molar-refractivity contribution in [2.45, 2.75) is 26.3 Å². The topological polar surface area (TPSA) is 54.6 Å². The standard InChI is InChI=1S/C14H26N4O2/c1-12-15-14(16-20-12)11-17(2)10-13-4-6-18(7-5-13)8-9-19-3/h13H,4-11H2,1-3H3. The summed E-state index contributed by atoms with van der Waals surface area (Å²) in [5, 5.41) is 3.94. The fourth-order valence-corrected chi connectivity index (χ4v) is 2.77. The molecule has 0 saturated carbocycles. The number of nitrogens with zero attached hydrogens (tertiary/aromatic N) is 4. The maximum absolute atomic E-state index is 5.13. The van der Waals surface area contributed by atoms with Crippen molar-refractivity contribution in [3.8, 4) is 0 Å². The minimum atomic E-state index is 0.639. The highest BCUT2D eigenvalue weighted by atomic mass is 16.5. The molecule has 20 heavy (non-hydrogen) atoms. The average molecular weight is 282 g/mol. The van der Waals surface area contributed by atoms with Gasteiger partial charge in [0.2, 0.25) is 5.89 Å². The zero-order valence-electron chi connectivity index (χ0n) is 12.8. The van der Waals surface area contributed by atoms with Crippen LogP contribution in [0.25, 0.3) is 0 Å². The SMILES string of the molecule is COCCN1CCC(CN(C)Cc2noc(C)n2)CC1. The Morgan fingerprint density at radius 3 is 2.75 bits per heavy atom. The minimum Gasteiger partial charge on any atom is -0.383 e. The second-order valence-corrected chi connectivity index (χ2v) is 5.70. The minimum absolute atomic E-state index is 0.639. The van der Waals surface area contributed by atoms with Crippen LogP contribution in [0.3, 0.4) is 0 Å². The van der Waals surface area contributed by atoms with Crippen LogP contribution < -0.4 is 0 Å². The molecule has 0 N–H and O–H groups in total. The van der Waals surface area contributed by atoms with Gasteiger partial charge in [0.25, 0.3) is 0 Å². The van der Waals surface area contributed by atoms with Crippen molar-refractivity contribution in [2.75, 3.05) is 46.9 Å². The van der Waals surface area contributed by atoms with Crippen LogP contribution in [-0.2, 0) is 11.3 Å². The first-order valence-electron chi connectivity index (χ1n) is 7.36. The van der Waals surface area contributed by atoms with Gasteiger partial charge >= 0.3 is 0 Å². The Morgan fingerprint density at radius 2 is 2.15 bits per heavy atom. The summed E-state index contributed by atoms with van der Waals surface area (Å²) in [5.74, 6) is 2.19. The molecule has 0 spiro atoms. The molecule has 0 radical (unpaired) electrons. The zero-order chi connectivity index (χ0) is 14.4. The third-order valence-corrected chi connectivity index (χ3v) is 3.87. The number of aryl methyl sites for hydroxylation is 1. The smallest absolute Gasteiger partial charge is 0.223 e. The highest BCUT2D eigenvalue weighted by molar-refractivity contribution is 4.84. The Balaban J connectivity index is 1.67. The average Bonchev–Trinajstić information content (AvgIpc) is 2.83. The van der Waals surface area contributed by atoms with Crippen molar-refractivity contribution in [1.82, 2.24) is 19.9 Å². The lowest BCUT2D eigenvalue weighted by Gasteiger charge is -2.33. The Morgan fingerprint density at radius 1 is 1.40 bits per heavy atom. The third-order valence-electron chi connectivity index (χ3n) is 3.87. The summed E-state index contributed by atoms with van der Waals surface area (Å²) < 4.78 is 10.1. The molecule has 0 atom stereocenters. The van der Waals surface area contributed by atoms with Gasteiger partial charge in [-0.15, -0.1) is 0 Å². The number of methoxy groups -OCH3 is 1. The van der Waals surface area contributed by atoms with Crippen LogP contribution in [0.5, 0.6) is 0 Å². The molecule has 2 rings (SSSR count). The van der Waals surface area contributed by atoms with E-state index in [1.807, 2.05) is 6.92 Å². The van der Waals surface area contributed by atoms with E-state index in [0.29, 0.717) is 5.89 Å². The van der Waals surface area contributed by atoms with E-state index in [-0.39, 0.29) is 0 Å². The fraction of sp³-hybridized carbons (Fsp3) is 0.857. The Kier molecular flexibility index (Phi) is 5.94. The third kappa shape index (κ3) is 4.85. The zero-order valence-corrected chi connectivity index (χ0v) is 12.8. The van der Waals surface area contributed by atoms with Crippen LogP contribution in [-0.4, -0.2) is 66.9 Å². The van der Waals surface area contributed by atoms with Gasteiger partial charge in [-0.1, -0.05) is 5.16 Å². The number of aromatic nitrogens is 2. The fourth-order valence-electron chi connectivity index (χ4n) is 2.77. The first kappa shape index (κ1) is 15.4.